The fourth-order valence-corrected chi connectivity index (χ4v) is 3.81. The topological polar surface area (TPSA) is 106 Å². The number of carbonyl (C=O) groups is 2. The van der Waals surface area contributed by atoms with Gasteiger partial charge in [0.1, 0.15) is 0 Å². The maximum absolute atomic E-state index is 12.1. The summed E-state index contributed by atoms with van der Waals surface area (Å²) in [4.78, 5) is 26.1. The van der Waals surface area contributed by atoms with Crippen LogP contribution in [0.1, 0.15) is 85.5 Å². The minimum Gasteiger partial charge on any atom is -0.430 e. The van der Waals surface area contributed by atoms with Crippen molar-refractivity contribution in [2.45, 2.75) is 104 Å². The van der Waals surface area contributed by atoms with E-state index in [1.54, 1.807) is 13.8 Å². The molecule has 0 aliphatic heterocycles. The zero-order valence-corrected chi connectivity index (χ0v) is 21.9. The summed E-state index contributed by atoms with van der Waals surface area (Å²) in [5, 5.41) is 5.52. The number of ether oxygens (including phenoxy) is 2. The number of hydrogen-bond acceptors (Lipinski definition) is 6. The van der Waals surface area contributed by atoms with E-state index >= 15 is 0 Å². The van der Waals surface area contributed by atoms with Gasteiger partial charge in [-0.15, -0.1) is 24.8 Å². The van der Waals surface area contributed by atoms with E-state index in [4.69, 9.17) is 15.2 Å². The van der Waals surface area contributed by atoms with E-state index in [2.05, 4.69) is 24.5 Å². The summed E-state index contributed by atoms with van der Waals surface area (Å²) in [5.74, 6) is 0.442. The van der Waals surface area contributed by atoms with E-state index in [-0.39, 0.29) is 30.9 Å². The molecule has 1 aliphatic rings. The molecular formula is C22H46Cl2N4O4. The molecule has 192 valence electrons. The van der Waals surface area contributed by atoms with Crippen molar-refractivity contribution >= 4 is 37.0 Å². The largest absolute Gasteiger partial charge is 0.430 e. The van der Waals surface area contributed by atoms with E-state index in [1.165, 1.54) is 19.3 Å². The van der Waals surface area contributed by atoms with E-state index in [9.17, 15) is 9.59 Å². The van der Waals surface area contributed by atoms with Gasteiger partial charge >= 0.3 is 12.2 Å². The summed E-state index contributed by atoms with van der Waals surface area (Å²) < 4.78 is 11.1. The third-order valence-corrected chi connectivity index (χ3v) is 5.77. The smallest absolute Gasteiger partial charge is 0.408 e. The van der Waals surface area contributed by atoms with Crippen LogP contribution in [-0.2, 0) is 9.47 Å². The summed E-state index contributed by atoms with van der Waals surface area (Å²) in [6.07, 6.45) is 7.63. The molecule has 1 saturated carbocycles. The molecule has 1 fully saturated rings. The lowest BCUT2D eigenvalue weighted by Gasteiger charge is -2.37. The number of unbranched alkanes of at least 4 members (excludes halogenated alkanes) is 2. The van der Waals surface area contributed by atoms with Gasteiger partial charge in [0.05, 0.1) is 0 Å². The summed E-state index contributed by atoms with van der Waals surface area (Å²) >= 11 is 0. The first-order valence-corrected chi connectivity index (χ1v) is 11.8. The van der Waals surface area contributed by atoms with Gasteiger partial charge in [-0.3, -0.25) is 0 Å². The van der Waals surface area contributed by atoms with Crippen LogP contribution in [-0.4, -0.2) is 55.2 Å². The van der Waals surface area contributed by atoms with Crippen LogP contribution in [0.4, 0.5) is 9.59 Å². The highest BCUT2D eigenvalue weighted by molar-refractivity contribution is 5.85. The van der Waals surface area contributed by atoms with Crippen molar-refractivity contribution in [1.82, 2.24) is 15.5 Å². The molecule has 2 amide bonds. The molecule has 0 heterocycles. The number of halogens is 2. The number of nitrogens with one attached hydrogen (secondary N) is 2. The Morgan fingerprint density at radius 3 is 1.75 bits per heavy atom. The normalized spacial score (nSPS) is 16.7. The Balaban J connectivity index is 0. The van der Waals surface area contributed by atoms with E-state index in [0.29, 0.717) is 25.6 Å². The third kappa shape index (κ3) is 13.6. The highest BCUT2D eigenvalue weighted by Gasteiger charge is 2.30. The van der Waals surface area contributed by atoms with Crippen molar-refractivity contribution in [2.24, 2.45) is 11.7 Å². The van der Waals surface area contributed by atoms with Crippen LogP contribution in [0.15, 0.2) is 0 Å². The highest BCUT2D eigenvalue weighted by Crippen LogP contribution is 2.26. The molecule has 0 spiro atoms. The molecule has 1 rings (SSSR count). The minimum atomic E-state index is -0.570. The molecular weight excluding hydrogens is 455 g/mol. The van der Waals surface area contributed by atoms with Gasteiger partial charge in [-0.2, -0.15) is 0 Å². The van der Waals surface area contributed by atoms with Crippen LogP contribution < -0.4 is 16.4 Å². The van der Waals surface area contributed by atoms with Gasteiger partial charge in [0.25, 0.3) is 0 Å². The van der Waals surface area contributed by atoms with Gasteiger partial charge in [-0.25, -0.2) is 14.5 Å². The van der Waals surface area contributed by atoms with Crippen LogP contribution in [0.25, 0.3) is 0 Å². The maximum Gasteiger partial charge on any atom is 0.408 e. The molecule has 0 aromatic carbocycles. The van der Waals surface area contributed by atoms with Gasteiger partial charge in [0.2, 0.25) is 0 Å². The lowest BCUT2D eigenvalue weighted by molar-refractivity contribution is -0.0963. The molecule has 0 saturated heterocycles. The second kappa shape index (κ2) is 19.5. The van der Waals surface area contributed by atoms with Crippen LogP contribution in [0.3, 0.4) is 0 Å². The van der Waals surface area contributed by atoms with Gasteiger partial charge in [-0.1, -0.05) is 46.0 Å². The molecule has 3 unspecified atom stereocenters. The van der Waals surface area contributed by atoms with Gasteiger partial charge in [0.15, 0.2) is 12.5 Å². The van der Waals surface area contributed by atoms with E-state index in [1.807, 2.05) is 4.90 Å². The molecule has 0 aromatic rings. The molecule has 1 aliphatic carbocycles. The maximum atomic E-state index is 12.1. The van der Waals surface area contributed by atoms with Crippen LogP contribution in [0.2, 0.25) is 0 Å². The van der Waals surface area contributed by atoms with Crippen LogP contribution in [0, 0.1) is 5.92 Å². The van der Waals surface area contributed by atoms with Crippen molar-refractivity contribution in [2.75, 3.05) is 19.6 Å². The Morgan fingerprint density at radius 2 is 1.34 bits per heavy atom. The van der Waals surface area contributed by atoms with E-state index < -0.39 is 24.6 Å². The monoisotopic (exact) mass is 500 g/mol. The number of amides is 2. The van der Waals surface area contributed by atoms with Crippen molar-refractivity contribution in [3.63, 3.8) is 0 Å². The fourth-order valence-electron chi connectivity index (χ4n) is 3.81. The molecule has 32 heavy (non-hydrogen) atoms. The Morgan fingerprint density at radius 1 is 0.906 bits per heavy atom. The van der Waals surface area contributed by atoms with Gasteiger partial charge in [-0.05, 0) is 45.4 Å². The quantitative estimate of drug-likeness (QED) is 0.248. The average Bonchev–Trinajstić information content (AvgIpc) is 2.72. The number of nitrogens with zero attached hydrogens (tertiary/aromatic N) is 1. The zero-order chi connectivity index (χ0) is 22.4. The Kier molecular flexibility index (Phi) is 20.2. The van der Waals surface area contributed by atoms with Crippen molar-refractivity contribution in [3.8, 4) is 0 Å². The number of carbonyl (C=O) groups excluding carboxylic acids is 2. The predicted octanol–water partition coefficient (Wildman–Crippen LogP) is 4.78. The van der Waals surface area contributed by atoms with Gasteiger partial charge in [0, 0.05) is 25.7 Å². The predicted molar refractivity (Wildman–Crippen MR) is 133 cm³/mol. The van der Waals surface area contributed by atoms with Crippen molar-refractivity contribution in [3.05, 3.63) is 0 Å². The lowest BCUT2D eigenvalue weighted by atomic mass is 9.84. The average molecular weight is 502 g/mol. The fraction of sp³-hybridized carbons (Fsp3) is 0.909. The lowest BCUT2D eigenvalue weighted by Crippen LogP contribution is -2.53. The summed E-state index contributed by atoms with van der Waals surface area (Å²) in [6, 6.07) is -0.0614. The molecule has 8 nitrogen and oxygen atoms in total. The molecule has 3 atom stereocenters. The number of rotatable bonds is 13. The Bertz CT molecular complexity index is 467. The first kappa shape index (κ1) is 33.2. The first-order valence-electron chi connectivity index (χ1n) is 11.8. The molecule has 0 aromatic heterocycles. The first-order chi connectivity index (χ1) is 14.4. The number of hydrogen-bond donors (Lipinski definition) is 3. The number of nitrogens with two attached hydrogens (primary N) is 1. The minimum absolute atomic E-state index is 0. The number of alkyl carbamates (subject to hydrolysis) is 2. The second-order valence-electron chi connectivity index (χ2n) is 8.33. The van der Waals surface area contributed by atoms with Crippen molar-refractivity contribution < 1.29 is 19.1 Å². The Hall–Kier alpha value is -0.960. The third-order valence-electron chi connectivity index (χ3n) is 5.77. The SMILES string of the molecule is CCCCNC(=O)OC(C)N(CC(N)C1CCCCC1)C(C)OC(=O)NCCCC.Cl.Cl. The van der Waals surface area contributed by atoms with Gasteiger partial charge < -0.3 is 25.8 Å². The van der Waals surface area contributed by atoms with Crippen molar-refractivity contribution in [1.29, 1.82) is 0 Å². The molecule has 0 radical (unpaired) electrons. The highest BCUT2D eigenvalue weighted by atomic mass is 35.5. The molecule has 4 N–H and O–H groups in total. The van der Waals surface area contributed by atoms with Crippen LogP contribution >= 0.6 is 24.8 Å². The zero-order valence-electron chi connectivity index (χ0n) is 20.3. The molecule has 0 bridgehead atoms. The second-order valence-corrected chi connectivity index (χ2v) is 8.33. The summed E-state index contributed by atoms with van der Waals surface area (Å²) in [7, 11) is 0. The summed E-state index contributed by atoms with van der Waals surface area (Å²) in [5.41, 5.74) is 6.53. The Labute approximate surface area is 206 Å². The van der Waals surface area contributed by atoms with E-state index in [0.717, 1.165) is 38.5 Å². The van der Waals surface area contributed by atoms with Crippen LogP contribution in [0.5, 0.6) is 0 Å². The summed E-state index contributed by atoms with van der Waals surface area (Å²) in [6.45, 7) is 9.37. The standard InChI is InChI=1S/C22H44N4O4.2ClH/c1-5-7-14-24-21(27)29-17(3)26(16-20(23)19-12-10-9-11-13-19)18(4)30-22(28)25-15-8-6-2;;/h17-20H,5-16,23H2,1-4H3,(H,24,27)(H,25,28);2*1H. The molecule has 10 heteroatoms.